The number of rotatable bonds is 3. The van der Waals surface area contributed by atoms with Crippen molar-refractivity contribution in [2.75, 3.05) is 7.11 Å². The molecule has 2 heterocycles. The Bertz CT molecular complexity index is 451. The van der Waals surface area contributed by atoms with E-state index in [1.54, 1.807) is 11.3 Å². The molecule has 0 amide bonds. The van der Waals surface area contributed by atoms with Gasteiger partial charge in [-0.05, 0) is 17.7 Å². The van der Waals surface area contributed by atoms with Crippen molar-refractivity contribution in [3.05, 3.63) is 33.5 Å². The smallest absolute Gasteiger partial charge is 0.310 e. The van der Waals surface area contributed by atoms with Crippen molar-refractivity contribution in [2.24, 2.45) is 0 Å². The zero-order chi connectivity index (χ0) is 11.5. The summed E-state index contributed by atoms with van der Waals surface area (Å²) in [5.41, 5.74) is 0.946. The number of thiol groups is 1. The van der Waals surface area contributed by atoms with E-state index in [1.165, 1.54) is 7.11 Å². The lowest BCUT2D eigenvalue weighted by Crippen LogP contribution is -2.03. The summed E-state index contributed by atoms with van der Waals surface area (Å²) in [5.74, 6) is -0.205. The highest BCUT2D eigenvalue weighted by atomic mass is 32.2. The Balaban J connectivity index is 2.18. The molecule has 1 aromatic heterocycles. The van der Waals surface area contributed by atoms with Crippen LogP contribution in [0.1, 0.15) is 10.6 Å². The van der Waals surface area contributed by atoms with Crippen LogP contribution in [0.2, 0.25) is 0 Å². The molecule has 0 saturated heterocycles. The lowest BCUT2D eigenvalue weighted by atomic mass is 10.3. The molecule has 0 spiro atoms. The number of thiazole rings is 1. The Labute approximate surface area is 101 Å². The van der Waals surface area contributed by atoms with Gasteiger partial charge < -0.3 is 4.74 Å². The van der Waals surface area contributed by atoms with Gasteiger partial charge in [0.1, 0.15) is 4.34 Å². The van der Waals surface area contributed by atoms with Crippen molar-refractivity contribution in [1.82, 2.24) is 4.98 Å². The van der Waals surface area contributed by atoms with Crippen LogP contribution in [-0.2, 0) is 16.0 Å². The van der Waals surface area contributed by atoms with Gasteiger partial charge in [-0.25, -0.2) is 4.98 Å². The molecule has 0 unspecified atom stereocenters. The highest BCUT2D eigenvalue weighted by Gasteiger charge is 2.14. The summed E-state index contributed by atoms with van der Waals surface area (Å²) >= 11 is 1.61. The van der Waals surface area contributed by atoms with Crippen LogP contribution >= 0.6 is 22.2 Å². The van der Waals surface area contributed by atoms with Crippen LogP contribution < -0.4 is 0 Å². The average Bonchev–Trinajstić information content (AvgIpc) is 2.88. The number of ether oxygens (including phenoxy) is 1. The van der Waals surface area contributed by atoms with Gasteiger partial charge in [0.05, 0.1) is 19.2 Å². The highest BCUT2D eigenvalue weighted by Crippen LogP contribution is 2.44. The number of carbonyl (C=O) groups excluding carboxylic acids is 1. The molecule has 0 aliphatic carbocycles. The molecule has 0 bridgehead atoms. The van der Waals surface area contributed by atoms with E-state index < -0.39 is 0 Å². The zero-order valence-electron chi connectivity index (χ0n) is 9.14. The number of nitrogens with zero attached hydrogens (tertiary/aromatic N) is 1. The zero-order valence-corrected chi connectivity index (χ0v) is 10.8. The Hall–Kier alpha value is -1.07. The minimum atomic E-state index is -0.371. The van der Waals surface area contributed by atoms with E-state index in [4.69, 9.17) is 0 Å². The van der Waals surface area contributed by atoms with Gasteiger partial charge >= 0.3 is 5.97 Å². The molecule has 1 aromatic rings. The predicted molar refractivity (Wildman–Crippen MR) is 68.1 cm³/mol. The molecule has 0 atom stereocenters. The quantitative estimate of drug-likeness (QED) is 0.666. The lowest BCUT2D eigenvalue weighted by Gasteiger charge is -2.03. The van der Waals surface area contributed by atoms with Crippen molar-refractivity contribution < 1.29 is 9.53 Å². The second-order valence-electron chi connectivity index (χ2n) is 3.35. The third-order valence-corrected chi connectivity index (χ3v) is 5.63. The Morgan fingerprint density at radius 2 is 2.19 bits per heavy atom. The van der Waals surface area contributed by atoms with Crippen molar-refractivity contribution in [3.8, 4) is 0 Å². The number of methoxy groups -OCH3 is 1. The maximum atomic E-state index is 11.2. The molecule has 5 heteroatoms. The molecule has 0 saturated carbocycles. The SMILES string of the molecule is COC(=O)Cc1sc([SH]2C=CC=C2)nc1C. The van der Waals surface area contributed by atoms with Crippen LogP contribution in [0.5, 0.6) is 0 Å². The third-order valence-electron chi connectivity index (χ3n) is 2.24. The second-order valence-corrected chi connectivity index (χ2v) is 6.57. The summed E-state index contributed by atoms with van der Waals surface area (Å²) < 4.78 is 5.77. The molecule has 2 rings (SSSR count). The van der Waals surface area contributed by atoms with Crippen molar-refractivity contribution in [3.63, 3.8) is 0 Å². The Morgan fingerprint density at radius 1 is 1.50 bits per heavy atom. The van der Waals surface area contributed by atoms with Crippen molar-refractivity contribution >= 4 is 28.2 Å². The van der Waals surface area contributed by atoms with Gasteiger partial charge in [-0.1, -0.05) is 12.2 Å². The number of esters is 1. The van der Waals surface area contributed by atoms with Crippen LogP contribution in [-0.4, -0.2) is 18.1 Å². The summed E-state index contributed by atoms with van der Waals surface area (Å²) in [6.07, 6.45) is 4.42. The molecular formula is C11H13NO2S2. The minimum Gasteiger partial charge on any atom is -0.469 e. The predicted octanol–water partition coefficient (Wildman–Crippen LogP) is 2.57. The molecule has 1 aliphatic heterocycles. The molecule has 16 heavy (non-hydrogen) atoms. The fourth-order valence-corrected chi connectivity index (χ4v) is 4.45. The van der Waals surface area contributed by atoms with Crippen LogP contribution in [0.15, 0.2) is 27.3 Å². The number of carbonyl (C=O) groups is 1. The topological polar surface area (TPSA) is 39.2 Å². The van der Waals surface area contributed by atoms with E-state index >= 15 is 0 Å². The van der Waals surface area contributed by atoms with Gasteiger partial charge in [0.2, 0.25) is 0 Å². The minimum absolute atomic E-state index is 0.205. The molecule has 0 fully saturated rings. The molecule has 86 valence electrons. The molecule has 0 N–H and O–H groups in total. The van der Waals surface area contributed by atoms with E-state index in [-0.39, 0.29) is 16.9 Å². The number of hydrogen-bond acceptors (Lipinski definition) is 4. The van der Waals surface area contributed by atoms with Crippen molar-refractivity contribution in [1.29, 1.82) is 0 Å². The molecular weight excluding hydrogens is 242 g/mol. The monoisotopic (exact) mass is 255 g/mol. The highest BCUT2D eigenvalue weighted by molar-refractivity contribution is 8.23. The molecule has 0 aromatic carbocycles. The molecule has 1 aliphatic rings. The lowest BCUT2D eigenvalue weighted by molar-refractivity contribution is -0.139. The Kier molecular flexibility index (Phi) is 3.46. The summed E-state index contributed by atoms with van der Waals surface area (Å²) in [6, 6.07) is 0. The number of aromatic nitrogens is 1. The third kappa shape index (κ3) is 2.36. The van der Waals surface area contributed by atoms with Crippen LogP contribution in [0.25, 0.3) is 0 Å². The number of allylic oxidation sites excluding steroid dienone is 2. The largest absolute Gasteiger partial charge is 0.469 e. The average molecular weight is 255 g/mol. The van der Waals surface area contributed by atoms with E-state index in [9.17, 15) is 4.79 Å². The first-order valence-corrected chi connectivity index (χ1v) is 7.17. The first-order valence-electron chi connectivity index (χ1n) is 4.87. The van der Waals surface area contributed by atoms with E-state index in [2.05, 4.69) is 20.5 Å². The summed E-state index contributed by atoms with van der Waals surface area (Å²) in [5, 5.41) is 4.32. The Morgan fingerprint density at radius 3 is 2.81 bits per heavy atom. The van der Waals surface area contributed by atoms with Gasteiger partial charge in [-0.2, -0.15) is 10.9 Å². The van der Waals surface area contributed by atoms with E-state index in [0.29, 0.717) is 6.42 Å². The first-order chi connectivity index (χ1) is 7.70. The standard InChI is InChI=1S/C11H13NO2S2/c1-8-9(7-10(13)14-2)15-11(12-8)16-5-3-4-6-16/h3-6,16H,7H2,1-2H3. The number of hydrogen-bond donors (Lipinski definition) is 1. The molecule has 0 radical (unpaired) electrons. The van der Waals surface area contributed by atoms with Gasteiger partial charge in [0.15, 0.2) is 0 Å². The second kappa shape index (κ2) is 4.84. The van der Waals surface area contributed by atoms with Crippen LogP contribution in [0.4, 0.5) is 0 Å². The normalized spacial score (nSPS) is 15.8. The van der Waals surface area contributed by atoms with E-state index in [0.717, 1.165) is 14.9 Å². The van der Waals surface area contributed by atoms with Crippen LogP contribution in [0, 0.1) is 6.92 Å². The summed E-state index contributed by atoms with van der Waals surface area (Å²) in [6.45, 7) is 1.94. The van der Waals surface area contributed by atoms with Gasteiger partial charge in [0, 0.05) is 4.88 Å². The molecule has 3 nitrogen and oxygen atoms in total. The van der Waals surface area contributed by atoms with Gasteiger partial charge in [0.25, 0.3) is 0 Å². The van der Waals surface area contributed by atoms with Gasteiger partial charge in [-0.3, -0.25) is 4.79 Å². The maximum absolute atomic E-state index is 11.2. The first kappa shape index (κ1) is 11.4. The van der Waals surface area contributed by atoms with Gasteiger partial charge in [-0.15, -0.1) is 11.3 Å². The fraction of sp³-hybridized carbons (Fsp3) is 0.273. The summed E-state index contributed by atoms with van der Waals surface area (Å²) in [7, 11) is 1.04. The summed E-state index contributed by atoms with van der Waals surface area (Å²) in [4.78, 5) is 16.7. The van der Waals surface area contributed by atoms with Crippen LogP contribution in [0.3, 0.4) is 0 Å². The fourth-order valence-electron chi connectivity index (χ4n) is 1.35. The van der Waals surface area contributed by atoms with Crippen molar-refractivity contribution in [2.45, 2.75) is 17.7 Å². The maximum Gasteiger partial charge on any atom is 0.310 e. The number of aryl methyl sites for hydroxylation is 1. The van der Waals surface area contributed by atoms with E-state index in [1.807, 2.05) is 19.1 Å².